The molecule has 0 saturated carbocycles. The second kappa shape index (κ2) is 11.0. The van der Waals surface area contributed by atoms with Crippen molar-refractivity contribution in [1.29, 1.82) is 0 Å². The molecule has 9 nitrogen and oxygen atoms in total. The van der Waals surface area contributed by atoms with Gasteiger partial charge in [-0.2, -0.15) is 9.50 Å². The summed E-state index contributed by atoms with van der Waals surface area (Å²) >= 11 is 1.24. The molecule has 34 heavy (non-hydrogen) atoms. The minimum atomic E-state index is -0.833. The summed E-state index contributed by atoms with van der Waals surface area (Å²) in [6.45, 7) is 2.41. The van der Waals surface area contributed by atoms with Gasteiger partial charge in [0.05, 0.1) is 17.2 Å². The molecule has 0 radical (unpaired) electrons. The Balaban J connectivity index is 0.000000751. The molecule has 0 atom stereocenters. The van der Waals surface area contributed by atoms with Gasteiger partial charge in [-0.15, -0.1) is 5.10 Å². The van der Waals surface area contributed by atoms with Gasteiger partial charge in [0.15, 0.2) is 5.82 Å². The van der Waals surface area contributed by atoms with Gasteiger partial charge in [-0.3, -0.25) is 14.4 Å². The molecular formula is C24H21N3O6S. The number of carboxylic acids is 1. The Morgan fingerprint density at radius 3 is 2.35 bits per heavy atom. The number of allylic oxidation sites excluding steroid dienone is 1. The van der Waals surface area contributed by atoms with Crippen LogP contribution in [-0.2, 0) is 9.59 Å². The lowest BCUT2D eigenvalue weighted by atomic mass is 10.2. The number of aromatic nitrogens is 3. The number of hydrogen-bond donors (Lipinski definition) is 1. The Bertz CT molecular complexity index is 1470. The van der Waals surface area contributed by atoms with Gasteiger partial charge >= 0.3 is 5.97 Å². The molecule has 0 aliphatic heterocycles. The van der Waals surface area contributed by atoms with Crippen molar-refractivity contribution >= 4 is 40.4 Å². The van der Waals surface area contributed by atoms with Gasteiger partial charge in [-0.05, 0) is 24.3 Å². The molecule has 0 amide bonds. The fourth-order valence-electron chi connectivity index (χ4n) is 2.90. The largest absolute Gasteiger partial charge is 0.496 e. The number of aliphatic carboxylic acids is 1. The molecule has 0 aliphatic rings. The first-order chi connectivity index (χ1) is 16.3. The predicted octanol–water partition coefficient (Wildman–Crippen LogP) is 3.06. The van der Waals surface area contributed by atoms with Crippen molar-refractivity contribution < 1.29 is 24.2 Å². The Hall–Kier alpha value is -4.31. The molecule has 2 heterocycles. The lowest BCUT2D eigenvalue weighted by Crippen LogP contribution is -2.23. The molecule has 2 aromatic carbocycles. The normalized spacial score (nSPS) is 11.3. The molecule has 4 aromatic rings. The van der Waals surface area contributed by atoms with Crippen molar-refractivity contribution in [3.8, 4) is 22.9 Å². The van der Waals surface area contributed by atoms with Crippen LogP contribution in [0, 0.1) is 0 Å². The van der Waals surface area contributed by atoms with Gasteiger partial charge in [0.2, 0.25) is 4.96 Å². The molecule has 174 valence electrons. The van der Waals surface area contributed by atoms with E-state index in [0.29, 0.717) is 26.6 Å². The summed E-state index contributed by atoms with van der Waals surface area (Å²) < 4.78 is 12.3. The van der Waals surface area contributed by atoms with Crippen LogP contribution in [0.4, 0.5) is 0 Å². The molecule has 0 saturated heterocycles. The number of rotatable bonds is 5. The van der Waals surface area contributed by atoms with Crippen LogP contribution in [-0.4, -0.2) is 38.8 Å². The molecule has 1 N–H and O–H groups in total. The van der Waals surface area contributed by atoms with Gasteiger partial charge in [0, 0.05) is 19.4 Å². The summed E-state index contributed by atoms with van der Waals surface area (Å²) in [5.74, 6) is 0.156. The summed E-state index contributed by atoms with van der Waals surface area (Å²) in [4.78, 5) is 37.9. The maximum atomic E-state index is 12.7. The monoisotopic (exact) mass is 479 g/mol. The van der Waals surface area contributed by atoms with E-state index in [9.17, 15) is 9.59 Å². The van der Waals surface area contributed by atoms with Crippen molar-refractivity contribution in [1.82, 2.24) is 14.6 Å². The number of esters is 1. The van der Waals surface area contributed by atoms with Gasteiger partial charge in [0.25, 0.3) is 11.5 Å². The first-order valence-electron chi connectivity index (χ1n) is 9.98. The number of methoxy groups -OCH3 is 1. The number of thiazole rings is 1. The number of benzene rings is 2. The van der Waals surface area contributed by atoms with Crippen molar-refractivity contribution in [3.63, 3.8) is 0 Å². The molecule has 0 aliphatic carbocycles. The highest BCUT2D eigenvalue weighted by molar-refractivity contribution is 7.15. The molecule has 0 spiro atoms. The highest BCUT2D eigenvalue weighted by atomic mass is 32.1. The second-order valence-corrected chi connectivity index (χ2v) is 7.79. The molecule has 0 bridgehead atoms. The van der Waals surface area contributed by atoms with Crippen LogP contribution < -0.4 is 19.6 Å². The van der Waals surface area contributed by atoms with Crippen molar-refractivity contribution in [2.75, 3.05) is 7.11 Å². The number of hydrogen-bond acceptors (Lipinski definition) is 8. The fraction of sp³-hybridized carbons (Fsp3) is 0.125. The number of nitrogens with zero attached hydrogens (tertiary/aromatic N) is 3. The zero-order valence-electron chi connectivity index (χ0n) is 18.6. The van der Waals surface area contributed by atoms with E-state index < -0.39 is 11.9 Å². The predicted molar refractivity (Wildman–Crippen MR) is 129 cm³/mol. The zero-order chi connectivity index (χ0) is 24.7. The number of ether oxygens (including phenoxy) is 2. The van der Waals surface area contributed by atoms with Gasteiger partial charge < -0.3 is 14.6 Å². The van der Waals surface area contributed by atoms with Crippen LogP contribution in [0.3, 0.4) is 0 Å². The quantitative estimate of drug-likeness (QED) is 0.343. The van der Waals surface area contributed by atoms with E-state index in [-0.39, 0.29) is 5.56 Å². The maximum Gasteiger partial charge on any atom is 0.308 e. The van der Waals surface area contributed by atoms with Crippen LogP contribution in [0.2, 0.25) is 0 Å². The zero-order valence-corrected chi connectivity index (χ0v) is 19.4. The first kappa shape index (κ1) is 24.3. The molecule has 2 aromatic heterocycles. The topological polar surface area (TPSA) is 120 Å². The minimum absolute atomic E-state index is 0.261. The van der Waals surface area contributed by atoms with Crippen LogP contribution in [0.5, 0.6) is 11.5 Å². The lowest BCUT2D eigenvalue weighted by molar-refractivity contribution is -0.134. The van der Waals surface area contributed by atoms with E-state index in [1.54, 1.807) is 43.5 Å². The van der Waals surface area contributed by atoms with Crippen LogP contribution in [0.25, 0.3) is 28.5 Å². The van der Waals surface area contributed by atoms with E-state index in [1.807, 2.05) is 30.3 Å². The molecule has 4 rings (SSSR count). The van der Waals surface area contributed by atoms with Gasteiger partial charge in [-0.1, -0.05) is 53.8 Å². The summed E-state index contributed by atoms with van der Waals surface area (Å²) in [7, 11) is 1.61. The Labute approximate surface area is 198 Å². The van der Waals surface area contributed by atoms with Gasteiger partial charge in [0.1, 0.15) is 11.5 Å². The number of carbonyl (C=O) groups is 2. The fourth-order valence-corrected chi connectivity index (χ4v) is 3.76. The van der Waals surface area contributed by atoms with Crippen molar-refractivity contribution in [2.24, 2.45) is 0 Å². The standard InChI is InChI=1S/C22H17N3O4S.C2H4O2/c1-14(26)29-18-12-6-4-10-16(18)20-23-22-25(24-20)21(27)19(30-22)13-7-9-15-8-3-5-11-17(15)28-2;1-2(3)4/h3-13H,1-2H3;1H3,(H,3,4)/b9-7-,19-13-;. The number of para-hydroxylation sites is 2. The maximum absolute atomic E-state index is 12.7. The molecule has 0 unspecified atom stereocenters. The van der Waals surface area contributed by atoms with E-state index >= 15 is 0 Å². The highest BCUT2D eigenvalue weighted by Crippen LogP contribution is 2.27. The minimum Gasteiger partial charge on any atom is -0.496 e. The van der Waals surface area contributed by atoms with E-state index in [0.717, 1.165) is 18.2 Å². The highest BCUT2D eigenvalue weighted by Gasteiger charge is 2.15. The van der Waals surface area contributed by atoms with E-state index in [2.05, 4.69) is 10.1 Å². The number of carboxylic acid groups (broad SMARTS) is 1. The van der Waals surface area contributed by atoms with Crippen LogP contribution in [0.1, 0.15) is 19.4 Å². The lowest BCUT2D eigenvalue weighted by Gasteiger charge is -2.04. The van der Waals surface area contributed by atoms with Crippen molar-refractivity contribution in [3.05, 3.63) is 75.1 Å². The molecule has 10 heteroatoms. The van der Waals surface area contributed by atoms with Gasteiger partial charge in [-0.25, -0.2) is 0 Å². The Morgan fingerprint density at radius 2 is 1.71 bits per heavy atom. The van der Waals surface area contributed by atoms with E-state index in [1.165, 1.54) is 22.8 Å². The summed E-state index contributed by atoms with van der Waals surface area (Å²) in [5.41, 5.74) is 1.19. The van der Waals surface area contributed by atoms with E-state index in [4.69, 9.17) is 19.4 Å². The third-order valence-corrected chi connectivity index (χ3v) is 5.20. The Morgan fingerprint density at radius 1 is 1.06 bits per heavy atom. The summed E-state index contributed by atoms with van der Waals surface area (Å²) in [6, 6.07) is 14.6. The summed E-state index contributed by atoms with van der Waals surface area (Å²) in [6.07, 6.45) is 5.39. The SMILES string of the molecule is CC(=O)O.COc1ccccc1/C=C\C=c1/sc2nc(-c3ccccc3OC(C)=O)nn2c1=O. The average molecular weight is 480 g/mol. The third-order valence-electron chi connectivity index (χ3n) is 4.23. The van der Waals surface area contributed by atoms with Crippen LogP contribution in [0.15, 0.2) is 59.4 Å². The third kappa shape index (κ3) is 5.93. The number of carbonyl (C=O) groups excluding carboxylic acids is 1. The Kier molecular flexibility index (Phi) is 7.88. The summed E-state index contributed by atoms with van der Waals surface area (Å²) in [5, 5.41) is 11.7. The van der Waals surface area contributed by atoms with Crippen molar-refractivity contribution in [2.45, 2.75) is 13.8 Å². The molecule has 0 fully saturated rings. The second-order valence-electron chi connectivity index (χ2n) is 6.78. The number of fused-ring (bicyclic) bond motifs is 1. The smallest absolute Gasteiger partial charge is 0.308 e. The molecular weight excluding hydrogens is 458 g/mol. The first-order valence-corrected chi connectivity index (χ1v) is 10.8. The average Bonchev–Trinajstić information content (AvgIpc) is 3.33. The van der Waals surface area contributed by atoms with Crippen LogP contribution >= 0.6 is 11.3 Å².